The van der Waals surface area contributed by atoms with E-state index in [0.717, 1.165) is 0 Å². The van der Waals surface area contributed by atoms with Crippen LogP contribution >= 0.6 is 34.8 Å². The number of hydrogen-bond acceptors (Lipinski definition) is 3. The van der Waals surface area contributed by atoms with E-state index < -0.39 is 5.78 Å². The number of hydrogen-bond donors (Lipinski definition) is 1. The summed E-state index contributed by atoms with van der Waals surface area (Å²) in [7, 11) is 0. The molecule has 1 aliphatic carbocycles. The van der Waals surface area contributed by atoms with Crippen LogP contribution in [-0.2, 0) is 0 Å². The molecule has 22 heavy (non-hydrogen) atoms. The Hall–Kier alpha value is -1.81. The molecule has 0 saturated heterocycles. The molecule has 3 nitrogen and oxygen atoms in total. The minimum atomic E-state index is -0.405. The highest BCUT2D eigenvalue weighted by molar-refractivity contribution is 6.50. The Morgan fingerprint density at radius 1 is 0.818 bits per heavy atom. The van der Waals surface area contributed by atoms with Gasteiger partial charge in [-0.25, -0.2) is 0 Å². The van der Waals surface area contributed by atoms with Gasteiger partial charge in [0.15, 0.2) is 0 Å². The van der Waals surface area contributed by atoms with Crippen LogP contribution in [0.25, 0.3) is 0 Å². The summed E-state index contributed by atoms with van der Waals surface area (Å²) in [6.45, 7) is 0. The molecule has 1 aliphatic rings. The van der Waals surface area contributed by atoms with Crippen molar-refractivity contribution in [2.24, 2.45) is 0 Å². The topological polar surface area (TPSA) is 46.2 Å². The summed E-state index contributed by atoms with van der Waals surface area (Å²) in [6, 6.07) is 11.3. The van der Waals surface area contributed by atoms with E-state index in [1.807, 2.05) is 0 Å². The Balaban J connectivity index is 2.07. The van der Waals surface area contributed by atoms with Crippen molar-refractivity contribution in [1.29, 1.82) is 0 Å². The Labute approximate surface area is 141 Å². The molecule has 6 heteroatoms. The number of nitrogens with one attached hydrogen (secondary N) is 1. The second kappa shape index (κ2) is 5.76. The van der Waals surface area contributed by atoms with Gasteiger partial charge in [-0.2, -0.15) is 0 Å². The van der Waals surface area contributed by atoms with E-state index in [-0.39, 0.29) is 16.5 Å². The maximum Gasteiger partial charge on any atom is 0.211 e. The van der Waals surface area contributed by atoms with E-state index in [4.69, 9.17) is 34.8 Å². The SMILES string of the molecule is O=C1C(Cl)=C(Nc2cc(Cl)ccc2Cl)C(=O)c2ccccc21. The predicted octanol–water partition coefficient (Wildman–Crippen LogP) is 4.93. The summed E-state index contributed by atoms with van der Waals surface area (Å²) in [4.78, 5) is 24.8. The molecule has 0 heterocycles. The van der Waals surface area contributed by atoms with Gasteiger partial charge in [0.25, 0.3) is 0 Å². The summed E-state index contributed by atoms with van der Waals surface area (Å²) in [5.41, 5.74) is 0.996. The van der Waals surface area contributed by atoms with Crippen LogP contribution in [0, 0.1) is 0 Å². The summed E-state index contributed by atoms with van der Waals surface area (Å²) in [5, 5.41) is 3.46. The molecule has 0 fully saturated rings. The fourth-order valence-electron chi connectivity index (χ4n) is 2.18. The first kappa shape index (κ1) is 15.1. The maximum absolute atomic E-state index is 12.5. The number of Topliss-reactive ketones (excluding diaryl/α,β-unsaturated/α-hetero) is 2. The number of fused-ring (bicyclic) bond motifs is 1. The number of anilines is 1. The molecule has 0 aliphatic heterocycles. The summed E-state index contributed by atoms with van der Waals surface area (Å²) < 4.78 is 0. The van der Waals surface area contributed by atoms with Gasteiger partial charge >= 0.3 is 0 Å². The third kappa shape index (κ3) is 2.52. The third-order valence-corrected chi connectivity index (χ3v) is 4.18. The van der Waals surface area contributed by atoms with Crippen LogP contribution in [0.3, 0.4) is 0 Å². The lowest BCUT2D eigenvalue weighted by atomic mass is 9.92. The van der Waals surface area contributed by atoms with Crippen molar-refractivity contribution in [3.05, 3.63) is 74.4 Å². The maximum atomic E-state index is 12.5. The van der Waals surface area contributed by atoms with Gasteiger partial charge in [0.2, 0.25) is 11.6 Å². The Kier molecular flexibility index (Phi) is 3.96. The highest BCUT2D eigenvalue weighted by Crippen LogP contribution is 2.32. The number of ketones is 2. The number of carbonyl (C=O) groups excluding carboxylic acids is 2. The van der Waals surface area contributed by atoms with E-state index in [9.17, 15) is 9.59 Å². The van der Waals surface area contributed by atoms with Crippen molar-refractivity contribution in [1.82, 2.24) is 0 Å². The van der Waals surface area contributed by atoms with E-state index in [1.54, 1.807) is 42.5 Å². The molecule has 0 bridgehead atoms. The van der Waals surface area contributed by atoms with Gasteiger partial charge in [0, 0.05) is 16.1 Å². The van der Waals surface area contributed by atoms with Gasteiger partial charge in [-0.1, -0.05) is 59.1 Å². The Bertz CT molecular complexity index is 843. The molecule has 3 rings (SSSR count). The second-order valence-corrected chi connectivity index (χ2v) is 5.86. The van der Waals surface area contributed by atoms with Crippen LogP contribution < -0.4 is 5.32 Å². The molecule has 2 aromatic carbocycles. The van der Waals surface area contributed by atoms with Gasteiger partial charge < -0.3 is 5.32 Å². The van der Waals surface area contributed by atoms with Gasteiger partial charge in [0.1, 0.15) is 10.7 Å². The fourth-order valence-corrected chi connectivity index (χ4v) is 2.76. The van der Waals surface area contributed by atoms with E-state index >= 15 is 0 Å². The standard InChI is InChI=1S/C16H8Cl3NO2/c17-8-5-6-11(18)12(7-8)20-14-13(19)15(21)9-3-1-2-4-10(9)16(14)22/h1-7,20H. The van der Waals surface area contributed by atoms with Crippen LogP contribution in [0.5, 0.6) is 0 Å². The zero-order chi connectivity index (χ0) is 15.9. The minimum absolute atomic E-state index is 0.00506. The molecule has 0 saturated carbocycles. The number of carbonyl (C=O) groups is 2. The van der Waals surface area contributed by atoms with Gasteiger partial charge in [-0.05, 0) is 18.2 Å². The smallest absolute Gasteiger partial charge is 0.211 e. The third-order valence-electron chi connectivity index (χ3n) is 3.25. The summed E-state index contributed by atoms with van der Waals surface area (Å²) >= 11 is 18.1. The molecule has 2 aromatic rings. The molecular formula is C16H8Cl3NO2. The minimum Gasteiger partial charge on any atom is -0.350 e. The van der Waals surface area contributed by atoms with Crippen molar-refractivity contribution in [3.8, 4) is 0 Å². The molecule has 0 atom stereocenters. The van der Waals surface area contributed by atoms with Crippen LogP contribution in [0.1, 0.15) is 20.7 Å². The first-order valence-electron chi connectivity index (χ1n) is 6.29. The molecule has 0 spiro atoms. The van der Waals surface area contributed by atoms with Crippen molar-refractivity contribution in [2.75, 3.05) is 5.32 Å². The molecular weight excluding hydrogens is 345 g/mol. The average molecular weight is 353 g/mol. The van der Waals surface area contributed by atoms with Crippen LogP contribution in [0.15, 0.2) is 53.2 Å². The number of rotatable bonds is 2. The summed E-state index contributed by atoms with van der Waals surface area (Å²) in [6.07, 6.45) is 0. The average Bonchev–Trinajstić information content (AvgIpc) is 2.52. The molecule has 0 radical (unpaired) electrons. The predicted molar refractivity (Wildman–Crippen MR) is 88.1 cm³/mol. The summed E-state index contributed by atoms with van der Waals surface area (Å²) in [5.74, 6) is -0.770. The first-order valence-corrected chi connectivity index (χ1v) is 7.42. The highest BCUT2D eigenvalue weighted by Gasteiger charge is 2.31. The fraction of sp³-hybridized carbons (Fsp3) is 0. The van der Waals surface area contributed by atoms with Crippen molar-refractivity contribution in [2.45, 2.75) is 0 Å². The highest BCUT2D eigenvalue weighted by atomic mass is 35.5. The van der Waals surface area contributed by atoms with Crippen molar-refractivity contribution >= 4 is 52.1 Å². The molecule has 1 N–H and O–H groups in total. The van der Waals surface area contributed by atoms with Gasteiger partial charge in [-0.15, -0.1) is 0 Å². The zero-order valence-electron chi connectivity index (χ0n) is 11.0. The van der Waals surface area contributed by atoms with Crippen LogP contribution in [-0.4, -0.2) is 11.6 Å². The van der Waals surface area contributed by atoms with E-state index in [0.29, 0.717) is 26.9 Å². The Morgan fingerprint density at radius 2 is 1.45 bits per heavy atom. The Morgan fingerprint density at radius 3 is 2.14 bits per heavy atom. The largest absolute Gasteiger partial charge is 0.350 e. The van der Waals surface area contributed by atoms with Crippen LogP contribution in [0.2, 0.25) is 10.0 Å². The number of halogens is 3. The monoisotopic (exact) mass is 351 g/mol. The second-order valence-electron chi connectivity index (χ2n) is 4.64. The number of allylic oxidation sites excluding steroid dienone is 2. The van der Waals surface area contributed by atoms with Crippen molar-refractivity contribution in [3.63, 3.8) is 0 Å². The molecule has 0 amide bonds. The first-order chi connectivity index (χ1) is 10.5. The lowest BCUT2D eigenvalue weighted by Crippen LogP contribution is -2.24. The van der Waals surface area contributed by atoms with Gasteiger partial charge in [0.05, 0.1) is 10.7 Å². The zero-order valence-corrected chi connectivity index (χ0v) is 13.3. The molecule has 0 unspecified atom stereocenters. The number of benzene rings is 2. The lowest BCUT2D eigenvalue weighted by Gasteiger charge is -2.19. The van der Waals surface area contributed by atoms with E-state index in [2.05, 4.69) is 5.32 Å². The van der Waals surface area contributed by atoms with Crippen LogP contribution in [0.4, 0.5) is 5.69 Å². The van der Waals surface area contributed by atoms with Crippen molar-refractivity contribution < 1.29 is 9.59 Å². The van der Waals surface area contributed by atoms with E-state index in [1.165, 1.54) is 0 Å². The molecule has 0 aromatic heterocycles. The quantitative estimate of drug-likeness (QED) is 0.833. The lowest BCUT2D eigenvalue weighted by molar-refractivity contribution is 0.0982. The van der Waals surface area contributed by atoms with Gasteiger partial charge in [-0.3, -0.25) is 9.59 Å². The molecule has 110 valence electrons. The normalized spacial score (nSPS) is 14.1.